The molecule has 0 spiro atoms. The van der Waals surface area contributed by atoms with Crippen molar-refractivity contribution in [3.8, 4) is 0 Å². The summed E-state index contributed by atoms with van der Waals surface area (Å²) in [4.78, 5) is 16.3. The molecule has 1 aromatic carbocycles. The maximum atomic E-state index is 12.1. The molecule has 2 rings (SSSR count). The third kappa shape index (κ3) is 4.44. The Hall–Kier alpha value is -2.11. The van der Waals surface area contributed by atoms with Gasteiger partial charge in [-0.2, -0.15) is 0 Å². The van der Waals surface area contributed by atoms with Gasteiger partial charge in [-0.1, -0.05) is 29.8 Å². The summed E-state index contributed by atoms with van der Waals surface area (Å²) in [5.74, 6) is 0.535. The Kier molecular flexibility index (Phi) is 5.75. The summed E-state index contributed by atoms with van der Waals surface area (Å²) in [6, 6.07) is 10.4. The summed E-state index contributed by atoms with van der Waals surface area (Å²) in [6.07, 6.45) is 1.63. The zero-order chi connectivity index (χ0) is 15.9. The van der Waals surface area contributed by atoms with Crippen molar-refractivity contribution >= 4 is 23.4 Å². The highest BCUT2D eigenvalue weighted by atomic mass is 35.5. The minimum Gasteiger partial charge on any atom is -0.382 e. The maximum absolute atomic E-state index is 12.1. The summed E-state index contributed by atoms with van der Waals surface area (Å²) in [5, 5.41) is 6.26. The molecular weight excluding hydrogens is 302 g/mol. The number of methoxy groups -OCH3 is 1. The molecule has 0 radical (unpaired) electrons. The standard InChI is InChI=1S/C16H18ClN3O2/c1-11-4-3-9-18-15(11)20-16(21)19-14(10-22-2)12-5-7-13(17)8-6-12/h3-9,14H,10H2,1-2H3,(H2,18,19,20,21). The molecule has 0 bridgehead atoms. The zero-order valence-corrected chi connectivity index (χ0v) is 13.2. The van der Waals surface area contributed by atoms with Gasteiger partial charge in [0.25, 0.3) is 0 Å². The van der Waals surface area contributed by atoms with Crippen molar-refractivity contribution in [3.63, 3.8) is 0 Å². The molecule has 1 aromatic heterocycles. The van der Waals surface area contributed by atoms with Gasteiger partial charge < -0.3 is 10.1 Å². The zero-order valence-electron chi connectivity index (χ0n) is 12.5. The number of nitrogens with one attached hydrogen (secondary N) is 2. The topological polar surface area (TPSA) is 63.2 Å². The fraction of sp³-hybridized carbons (Fsp3) is 0.250. The Morgan fingerprint density at radius 2 is 2.05 bits per heavy atom. The molecule has 1 heterocycles. The fourth-order valence-electron chi connectivity index (χ4n) is 2.00. The number of anilines is 1. The van der Waals surface area contributed by atoms with E-state index in [-0.39, 0.29) is 12.1 Å². The van der Waals surface area contributed by atoms with E-state index in [1.54, 1.807) is 25.4 Å². The van der Waals surface area contributed by atoms with Gasteiger partial charge in [0.2, 0.25) is 0 Å². The van der Waals surface area contributed by atoms with Gasteiger partial charge in [-0.3, -0.25) is 5.32 Å². The normalized spacial score (nSPS) is 11.8. The van der Waals surface area contributed by atoms with E-state index in [4.69, 9.17) is 16.3 Å². The van der Waals surface area contributed by atoms with Crippen LogP contribution in [0.1, 0.15) is 17.2 Å². The van der Waals surface area contributed by atoms with Gasteiger partial charge in [0.1, 0.15) is 5.82 Å². The van der Waals surface area contributed by atoms with Gasteiger partial charge in [0, 0.05) is 18.3 Å². The summed E-state index contributed by atoms with van der Waals surface area (Å²) >= 11 is 5.88. The Labute approximate surface area is 134 Å². The minimum atomic E-state index is -0.334. The predicted molar refractivity (Wildman–Crippen MR) is 87.2 cm³/mol. The van der Waals surface area contributed by atoms with Crippen LogP contribution < -0.4 is 10.6 Å². The van der Waals surface area contributed by atoms with Crippen LogP contribution in [0.5, 0.6) is 0 Å². The largest absolute Gasteiger partial charge is 0.382 e. The molecule has 0 saturated heterocycles. The number of benzene rings is 1. The third-order valence-electron chi connectivity index (χ3n) is 3.15. The molecule has 0 fully saturated rings. The molecule has 1 unspecified atom stereocenters. The highest BCUT2D eigenvalue weighted by Crippen LogP contribution is 2.17. The van der Waals surface area contributed by atoms with Crippen molar-refractivity contribution in [1.82, 2.24) is 10.3 Å². The maximum Gasteiger partial charge on any atom is 0.320 e. The molecular formula is C16H18ClN3O2. The Morgan fingerprint density at radius 1 is 1.32 bits per heavy atom. The second kappa shape index (κ2) is 7.77. The lowest BCUT2D eigenvalue weighted by molar-refractivity contribution is 0.168. The lowest BCUT2D eigenvalue weighted by Gasteiger charge is -2.19. The van der Waals surface area contributed by atoms with Crippen LogP contribution in [0.2, 0.25) is 5.02 Å². The summed E-state index contributed by atoms with van der Waals surface area (Å²) in [6.45, 7) is 2.24. The van der Waals surface area contributed by atoms with Crippen molar-refractivity contribution in [1.29, 1.82) is 0 Å². The van der Waals surface area contributed by atoms with Gasteiger partial charge in [0.05, 0.1) is 12.6 Å². The first-order chi connectivity index (χ1) is 10.6. The van der Waals surface area contributed by atoms with E-state index in [1.807, 2.05) is 31.2 Å². The quantitative estimate of drug-likeness (QED) is 0.885. The second-order valence-electron chi connectivity index (χ2n) is 4.83. The molecule has 2 N–H and O–H groups in total. The SMILES string of the molecule is COCC(NC(=O)Nc1ncccc1C)c1ccc(Cl)cc1. The second-order valence-corrected chi connectivity index (χ2v) is 5.26. The molecule has 2 amide bonds. The van der Waals surface area contributed by atoms with Gasteiger partial charge >= 0.3 is 6.03 Å². The number of urea groups is 1. The van der Waals surface area contributed by atoms with E-state index in [0.29, 0.717) is 17.4 Å². The number of hydrogen-bond donors (Lipinski definition) is 2. The number of aryl methyl sites for hydroxylation is 1. The Bertz CT molecular complexity index is 632. The number of amides is 2. The number of rotatable bonds is 5. The average Bonchev–Trinajstić information content (AvgIpc) is 2.50. The molecule has 2 aromatic rings. The number of hydrogen-bond acceptors (Lipinski definition) is 3. The van der Waals surface area contributed by atoms with E-state index in [1.165, 1.54) is 0 Å². The smallest absolute Gasteiger partial charge is 0.320 e. The third-order valence-corrected chi connectivity index (χ3v) is 3.40. The first-order valence-corrected chi connectivity index (χ1v) is 7.21. The molecule has 0 saturated carbocycles. The first-order valence-electron chi connectivity index (χ1n) is 6.83. The number of carbonyl (C=O) groups is 1. The number of carbonyl (C=O) groups excluding carboxylic acids is 1. The highest BCUT2D eigenvalue weighted by Gasteiger charge is 2.15. The molecule has 116 valence electrons. The van der Waals surface area contributed by atoms with Crippen LogP contribution in [-0.4, -0.2) is 24.7 Å². The lowest BCUT2D eigenvalue weighted by atomic mass is 10.1. The molecule has 0 aliphatic carbocycles. The predicted octanol–water partition coefficient (Wildman–Crippen LogP) is 3.55. The monoisotopic (exact) mass is 319 g/mol. The molecule has 6 heteroatoms. The molecule has 5 nitrogen and oxygen atoms in total. The van der Waals surface area contributed by atoms with Crippen LogP contribution >= 0.6 is 11.6 Å². The van der Waals surface area contributed by atoms with Gasteiger partial charge in [-0.05, 0) is 36.2 Å². The van der Waals surface area contributed by atoms with E-state index in [9.17, 15) is 4.79 Å². The number of pyridine rings is 1. The van der Waals surface area contributed by atoms with Crippen LogP contribution in [0.25, 0.3) is 0 Å². The van der Waals surface area contributed by atoms with Crippen molar-refractivity contribution in [2.45, 2.75) is 13.0 Å². The van der Waals surface area contributed by atoms with Crippen LogP contribution in [-0.2, 0) is 4.74 Å². The van der Waals surface area contributed by atoms with Crippen LogP contribution in [0.4, 0.5) is 10.6 Å². The molecule has 0 aliphatic heterocycles. The fourth-order valence-corrected chi connectivity index (χ4v) is 2.13. The molecule has 1 atom stereocenters. The van der Waals surface area contributed by atoms with Gasteiger partial charge in [-0.25, -0.2) is 9.78 Å². The van der Waals surface area contributed by atoms with E-state index >= 15 is 0 Å². The van der Waals surface area contributed by atoms with Crippen LogP contribution in [0.3, 0.4) is 0 Å². The number of halogens is 1. The van der Waals surface area contributed by atoms with Gasteiger partial charge in [-0.15, -0.1) is 0 Å². The summed E-state index contributed by atoms with van der Waals surface area (Å²) in [7, 11) is 1.59. The van der Waals surface area contributed by atoms with Crippen LogP contribution in [0.15, 0.2) is 42.6 Å². The number of ether oxygens (including phenoxy) is 1. The highest BCUT2D eigenvalue weighted by molar-refractivity contribution is 6.30. The molecule has 22 heavy (non-hydrogen) atoms. The Balaban J connectivity index is 2.06. The first kappa shape index (κ1) is 16.3. The average molecular weight is 320 g/mol. The van der Waals surface area contributed by atoms with Crippen LogP contribution in [0, 0.1) is 6.92 Å². The van der Waals surface area contributed by atoms with E-state index in [0.717, 1.165) is 11.1 Å². The van der Waals surface area contributed by atoms with E-state index < -0.39 is 0 Å². The van der Waals surface area contributed by atoms with Crippen molar-refractivity contribution in [2.75, 3.05) is 19.0 Å². The van der Waals surface area contributed by atoms with Crippen molar-refractivity contribution in [3.05, 3.63) is 58.7 Å². The molecule has 0 aliphatic rings. The van der Waals surface area contributed by atoms with Gasteiger partial charge in [0.15, 0.2) is 0 Å². The van der Waals surface area contributed by atoms with Crippen molar-refractivity contribution in [2.24, 2.45) is 0 Å². The number of aromatic nitrogens is 1. The summed E-state index contributed by atoms with van der Waals surface area (Å²) < 4.78 is 5.17. The summed E-state index contributed by atoms with van der Waals surface area (Å²) in [5.41, 5.74) is 1.81. The minimum absolute atomic E-state index is 0.272. The lowest BCUT2D eigenvalue weighted by Crippen LogP contribution is -2.35. The number of nitrogens with zero attached hydrogens (tertiary/aromatic N) is 1. The van der Waals surface area contributed by atoms with E-state index in [2.05, 4.69) is 15.6 Å². The Morgan fingerprint density at radius 3 is 2.68 bits per heavy atom. The van der Waals surface area contributed by atoms with Crippen molar-refractivity contribution < 1.29 is 9.53 Å².